The third-order valence-electron chi connectivity index (χ3n) is 7.99. The molecule has 154 valence electrons. The Morgan fingerprint density at radius 1 is 1.00 bits per heavy atom. The zero-order chi connectivity index (χ0) is 19.6. The molecule has 2 rings (SSSR count). The van der Waals surface area contributed by atoms with Crippen LogP contribution in [-0.2, 0) is 4.43 Å². The first-order valence-corrected chi connectivity index (χ1v) is 13.7. The molecule has 0 aromatic rings. The second-order valence-corrected chi connectivity index (χ2v) is 15.8. The molecule has 0 saturated heterocycles. The first-order chi connectivity index (χ1) is 12.2. The molecule has 2 saturated carbocycles. The van der Waals surface area contributed by atoms with Crippen molar-refractivity contribution in [1.82, 2.24) is 0 Å². The molecule has 0 unspecified atom stereocenters. The van der Waals surface area contributed by atoms with Crippen LogP contribution in [0.5, 0.6) is 0 Å². The van der Waals surface area contributed by atoms with Crippen LogP contribution in [0.1, 0.15) is 93.9 Å². The fourth-order valence-corrected chi connectivity index (χ4v) is 12.4. The van der Waals surface area contributed by atoms with Crippen LogP contribution in [0.2, 0.25) is 16.6 Å². The predicted octanol–water partition coefficient (Wildman–Crippen LogP) is 6.78. The van der Waals surface area contributed by atoms with Gasteiger partial charge in [0.25, 0.3) is 0 Å². The van der Waals surface area contributed by atoms with Gasteiger partial charge in [0, 0.05) is 5.92 Å². The number of unbranched alkanes of at least 4 members (excludes halogenated alkanes) is 1. The summed E-state index contributed by atoms with van der Waals surface area (Å²) in [6, 6.07) is 0. The second-order valence-electron chi connectivity index (χ2n) is 10.4. The Balaban J connectivity index is 2.22. The zero-order valence-corrected chi connectivity index (χ0v) is 19.8. The summed E-state index contributed by atoms with van der Waals surface area (Å²) in [6.07, 6.45) is 7.54. The van der Waals surface area contributed by atoms with E-state index in [1.54, 1.807) is 0 Å². The van der Waals surface area contributed by atoms with Crippen molar-refractivity contribution in [2.75, 3.05) is 0 Å². The van der Waals surface area contributed by atoms with Crippen LogP contribution in [0.3, 0.4) is 0 Å². The number of hydrogen-bond acceptors (Lipinski definition) is 2. The van der Waals surface area contributed by atoms with Gasteiger partial charge in [-0.25, -0.2) is 0 Å². The molecule has 0 aromatic carbocycles. The third-order valence-corrected chi connectivity index (χ3v) is 14.1. The minimum atomic E-state index is -1.87. The molecule has 26 heavy (non-hydrogen) atoms. The molecule has 0 heterocycles. The Bertz CT molecular complexity index is 412. The van der Waals surface area contributed by atoms with E-state index in [4.69, 9.17) is 4.43 Å². The Morgan fingerprint density at radius 3 is 2.08 bits per heavy atom. The van der Waals surface area contributed by atoms with Crippen LogP contribution in [0.25, 0.3) is 0 Å². The van der Waals surface area contributed by atoms with Crippen LogP contribution in [-0.4, -0.2) is 25.6 Å². The van der Waals surface area contributed by atoms with Crippen molar-refractivity contribution < 1.29 is 9.53 Å². The van der Waals surface area contributed by atoms with E-state index in [0.29, 0.717) is 46.4 Å². The van der Waals surface area contributed by atoms with E-state index < -0.39 is 8.32 Å². The summed E-state index contributed by atoms with van der Waals surface area (Å²) in [4.78, 5) is 0. The van der Waals surface area contributed by atoms with Crippen molar-refractivity contribution in [3.05, 3.63) is 0 Å². The Kier molecular flexibility index (Phi) is 7.84. The minimum Gasteiger partial charge on any atom is -0.413 e. The van der Waals surface area contributed by atoms with Gasteiger partial charge in [-0.15, -0.1) is 0 Å². The van der Waals surface area contributed by atoms with Gasteiger partial charge in [0.1, 0.15) is 0 Å². The van der Waals surface area contributed by atoms with Crippen molar-refractivity contribution in [2.45, 2.75) is 123 Å². The van der Waals surface area contributed by atoms with Crippen LogP contribution < -0.4 is 0 Å². The van der Waals surface area contributed by atoms with Gasteiger partial charge < -0.3 is 9.53 Å². The summed E-state index contributed by atoms with van der Waals surface area (Å²) < 4.78 is 7.19. The maximum Gasteiger partial charge on any atom is 0.200 e. The van der Waals surface area contributed by atoms with E-state index in [1.807, 2.05) is 0 Å². The average Bonchev–Trinajstić information content (AvgIpc) is 2.93. The largest absolute Gasteiger partial charge is 0.413 e. The Hall–Kier alpha value is 0.137. The summed E-state index contributed by atoms with van der Waals surface area (Å²) in [6.45, 7) is 18.9. The highest BCUT2D eigenvalue weighted by atomic mass is 28.4. The molecule has 2 fully saturated rings. The number of aliphatic hydroxyl groups is 1. The SMILES string of the molecule is CCCC[C@H]1[C@H](O)[C@@H]2[C@@H](CC[C@H]2O[Si](C(C)C)(C(C)C)C(C)C)C[C@@H]1C. The van der Waals surface area contributed by atoms with E-state index >= 15 is 0 Å². The van der Waals surface area contributed by atoms with Gasteiger partial charge in [-0.2, -0.15) is 0 Å². The van der Waals surface area contributed by atoms with E-state index in [2.05, 4.69) is 55.4 Å². The van der Waals surface area contributed by atoms with Crippen LogP contribution in [0.15, 0.2) is 0 Å². The highest BCUT2D eigenvalue weighted by Crippen LogP contribution is 2.52. The van der Waals surface area contributed by atoms with Gasteiger partial charge in [-0.05, 0) is 60.1 Å². The van der Waals surface area contributed by atoms with Gasteiger partial charge in [-0.1, -0.05) is 68.2 Å². The lowest BCUT2D eigenvalue weighted by atomic mass is 9.66. The van der Waals surface area contributed by atoms with E-state index in [0.717, 1.165) is 0 Å². The number of hydrogen-bond donors (Lipinski definition) is 1. The Morgan fingerprint density at radius 2 is 1.58 bits per heavy atom. The quantitative estimate of drug-likeness (QED) is 0.469. The molecule has 0 spiro atoms. The summed E-state index contributed by atoms with van der Waals surface area (Å²) in [5.41, 5.74) is 1.87. The molecule has 2 aliphatic carbocycles. The third kappa shape index (κ3) is 4.10. The minimum absolute atomic E-state index is 0.152. The fourth-order valence-electron chi connectivity index (χ4n) is 6.82. The molecule has 0 aromatic heterocycles. The van der Waals surface area contributed by atoms with E-state index in [9.17, 15) is 5.11 Å². The van der Waals surface area contributed by atoms with Crippen molar-refractivity contribution in [1.29, 1.82) is 0 Å². The highest BCUT2D eigenvalue weighted by molar-refractivity contribution is 6.77. The first-order valence-electron chi connectivity index (χ1n) is 11.5. The molecular weight excluding hydrogens is 336 g/mol. The fraction of sp³-hybridized carbons (Fsp3) is 1.00. The molecule has 2 aliphatic rings. The summed E-state index contributed by atoms with van der Waals surface area (Å²) >= 11 is 0. The van der Waals surface area contributed by atoms with Gasteiger partial charge in [0.05, 0.1) is 12.2 Å². The van der Waals surface area contributed by atoms with Gasteiger partial charge >= 0.3 is 0 Å². The maximum atomic E-state index is 11.4. The van der Waals surface area contributed by atoms with Crippen molar-refractivity contribution >= 4 is 8.32 Å². The lowest BCUT2D eigenvalue weighted by Gasteiger charge is -2.48. The first kappa shape index (κ1) is 22.4. The molecule has 1 N–H and O–H groups in total. The zero-order valence-electron chi connectivity index (χ0n) is 18.8. The van der Waals surface area contributed by atoms with Crippen molar-refractivity contribution in [2.24, 2.45) is 23.7 Å². The number of aliphatic hydroxyl groups excluding tert-OH is 1. The summed E-state index contributed by atoms with van der Waals surface area (Å²) in [5, 5.41) is 11.4. The predicted molar refractivity (Wildman–Crippen MR) is 115 cm³/mol. The smallest absolute Gasteiger partial charge is 0.200 e. The average molecular weight is 383 g/mol. The monoisotopic (exact) mass is 382 g/mol. The molecule has 0 amide bonds. The molecule has 3 heteroatoms. The Labute approximate surface area is 164 Å². The maximum absolute atomic E-state index is 11.4. The van der Waals surface area contributed by atoms with Gasteiger partial charge in [0.15, 0.2) is 0 Å². The lowest BCUT2D eigenvalue weighted by Crippen LogP contribution is -2.53. The topological polar surface area (TPSA) is 29.5 Å². The van der Waals surface area contributed by atoms with E-state index in [1.165, 1.54) is 38.5 Å². The van der Waals surface area contributed by atoms with Crippen LogP contribution in [0.4, 0.5) is 0 Å². The molecule has 2 nitrogen and oxygen atoms in total. The molecule has 0 radical (unpaired) electrons. The molecular formula is C23H46O2Si. The van der Waals surface area contributed by atoms with Gasteiger partial charge in [0.2, 0.25) is 8.32 Å². The van der Waals surface area contributed by atoms with Crippen LogP contribution >= 0.6 is 0 Å². The number of rotatable bonds is 8. The summed E-state index contributed by atoms with van der Waals surface area (Å²) in [5.74, 6) is 2.21. The van der Waals surface area contributed by atoms with Crippen LogP contribution in [0, 0.1) is 23.7 Å². The highest BCUT2D eigenvalue weighted by Gasteiger charge is 2.53. The van der Waals surface area contributed by atoms with Crippen molar-refractivity contribution in [3.8, 4) is 0 Å². The van der Waals surface area contributed by atoms with Gasteiger partial charge in [-0.3, -0.25) is 0 Å². The molecule has 6 atom stereocenters. The molecule has 0 aliphatic heterocycles. The molecule has 0 bridgehead atoms. The van der Waals surface area contributed by atoms with Crippen molar-refractivity contribution in [3.63, 3.8) is 0 Å². The lowest BCUT2D eigenvalue weighted by molar-refractivity contribution is -0.0678. The number of fused-ring (bicyclic) bond motifs is 1. The standard InChI is InChI=1S/C23H46O2Si/c1-9-10-11-20-18(8)14-19-12-13-21(22(19)23(20)24)25-26(15(2)3,16(4)5)17(6)7/h15-24H,9-14H2,1-8H3/t18-,19-,20+,21+,22+,23-/m0/s1. The van der Waals surface area contributed by atoms with E-state index in [-0.39, 0.29) is 6.10 Å². The summed E-state index contributed by atoms with van der Waals surface area (Å²) in [7, 11) is -1.87. The normalized spacial score (nSPS) is 35.5. The second kappa shape index (κ2) is 9.09.